The lowest BCUT2D eigenvalue weighted by atomic mass is 10.1. The maximum Gasteiger partial charge on any atom is 0.416 e. The molecule has 0 aliphatic carbocycles. The molecule has 2 heterocycles. The molecule has 0 aliphatic rings. The smallest absolute Gasteiger partial charge is 0.347 e. The monoisotopic (exact) mass is 365 g/mol. The molecule has 1 amide bonds. The molecule has 2 aromatic heterocycles. The van der Waals surface area contributed by atoms with Gasteiger partial charge in [-0.25, -0.2) is 4.98 Å². The van der Waals surface area contributed by atoms with Crippen LogP contribution < -0.4 is 5.32 Å². The van der Waals surface area contributed by atoms with Crippen LogP contribution >= 0.6 is 11.3 Å². The summed E-state index contributed by atoms with van der Waals surface area (Å²) >= 11 is 1.19. The van der Waals surface area contributed by atoms with E-state index in [1.54, 1.807) is 23.9 Å². The van der Waals surface area contributed by atoms with Crippen molar-refractivity contribution in [3.63, 3.8) is 0 Å². The zero-order chi connectivity index (χ0) is 18.0. The summed E-state index contributed by atoms with van der Waals surface area (Å²) < 4.78 is 40.8. The summed E-state index contributed by atoms with van der Waals surface area (Å²) in [6.07, 6.45) is -0.845. The second-order valence-electron chi connectivity index (χ2n) is 5.34. The van der Waals surface area contributed by atoms with Gasteiger partial charge in [0.05, 0.1) is 11.3 Å². The number of hydrogen-bond donors (Lipinski definition) is 1. The number of carbonyl (C=O) groups excluding carboxylic acids is 1. The van der Waals surface area contributed by atoms with Gasteiger partial charge in [-0.2, -0.15) is 13.2 Å². The van der Waals surface area contributed by atoms with Crippen molar-refractivity contribution in [3.8, 4) is 5.13 Å². The topological polar surface area (TPSA) is 46.9 Å². The fraction of sp³-hybridized carbons (Fsp3) is 0.176. The molecule has 0 spiro atoms. The number of benzene rings is 1. The summed E-state index contributed by atoms with van der Waals surface area (Å²) in [5.74, 6) is -0.439. The van der Waals surface area contributed by atoms with Gasteiger partial charge in [0, 0.05) is 18.9 Å². The lowest BCUT2D eigenvalue weighted by molar-refractivity contribution is -0.138. The minimum Gasteiger partial charge on any atom is -0.347 e. The van der Waals surface area contributed by atoms with Crippen molar-refractivity contribution < 1.29 is 18.0 Å². The van der Waals surface area contributed by atoms with Crippen molar-refractivity contribution in [1.82, 2.24) is 14.9 Å². The number of nitrogens with one attached hydrogen (secondary N) is 1. The van der Waals surface area contributed by atoms with E-state index in [1.165, 1.54) is 29.5 Å². The molecule has 8 heteroatoms. The minimum atomic E-state index is -4.46. The average Bonchev–Trinajstić information content (AvgIpc) is 3.21. The Kier molecular flexibility index (Phi) is 4.63. The van der Waals surface area contributed by atoms with Crippen LogP contribution in [-0.2, 0) is 12.7 Å². The number of amides is 1. The first-order valence-corrected chi connectivity index (χ1v) is 8.22. The Balaban J connectivity index is 1.76. The maximum atomic E-state index is 13.0. The van der Waals surface area contributed by atoms with Crippen molar-refractivity contribution >= 4 is 17.2 Å². The summed E-state index contributed by atoms with van der Waals surface area (Å²) in [6.45, 7) is 1.49. The predicted octanol–water partition coefficient (Wildman–Crippen LogP) is 4.19. The molecule has 3 rings (SSSR count). The molecule has 0 bridgehead atoms. The number of rotatable bonds is 4. The Hall–Kier alpha value is -2.61. The third-order valence-electron chi connectivity index (χ3n) is 3.58. The Morgan fingerprint density at radius 3 is 2.56 bits per heavy atom. The van der Waals surface area contributed by atoms with Crippen LogP contribution in [0.3, 0.4) is 0 Å². The van der Waals surface area contributed by atoms with Gasteiger partial charge in [0.2, 0.25) is 0 Å². The fourth-order valence-corrected chi connectivity index (χ4v) is 3.32. The highest BCUT2D eigenvalue weighted by Gasteiger charge is 2.32. The van der Waals surface area contributed by atoms with Gasteiger partial charge in [-0.15, -0.1) is 0 Å². The van der Waals surface area contributed by atoms with Gasteiger partial charge in [-0.1, -0.05) is 29.5 Å². The molecular formula is C17H14F3N3OS. The van der Waals surface area contributed by atoms with Gasteiger partial charge in [0.25, 0.3) is 5.91 Å². The van der Waals surface area contributed by atoms with Gasteiger partial charge >= 0.3 is 6.18 Å². The molecule has 0 aliphatic heterocycles. The lowest BCUT2D eigenvalue weighted by Gasteiger charge is -2.13. The Bertz CT molecular complexity index is 885. The normalized spacial score (nSPS) is 11.5. The molecule has 1 aromatic carbocycles. The maximum absolute atomic E-state index is 13.0. The summed E-state index contributed by atoms with van der Waals surface area (Å²) in [5.41, 5.74) is -0.184. The van der Waals surface area contributed by atoms with E-state index in [4.69, 9.17) is 0 Å². The van der Waals surface area contributed by atoms with Crippen LogP contribution in [0.15, 0.2) is 48.8 Å². The molecule has 0 atom stereocenters. The number of hydrogen-bond acceptors (Lipinski definition) is 3. The SMILES string of the molecule is Cc1nc(-n2cccc2)sc1C(=O)NCc1ccccc1C(F)(F)F. The highest BCUT2D eigenvalue weighted by molar-refractivity contribution is 7.16. The van der Waals surface area contributed by atoms with Gasteiger partial charge in [-0.3, -0.25) is 4.79 Å². The molecule has 0 fully saturated rings. The van der Waals surface area contributed by atoms with Crippen molar-refractivity contribution in [3.05, 3.63) is 70.5 Å². The number of thiazole rings is 1. The largest absolute Gasteiger partial charge is 0.416 e. The first-order valence-electron chi connectivity index (χ1n) is 7.40. The summed E-state index contributed by atoms with van der Waals surface area (Å²) in [5, 5.41) is 3.18. The first-order chi connectivity index (χ1) is 11.9. The molecule has 1 N–H and O–H groups in total. The van der Waals surface area contributed by atoms with Gasteiger partial charge < -0.3 is 9.88 Å². The molecule has 3 aromatic rings. The average molecular weight is 365 g/mol. The van der Waals surface area contributed by atoms with E-state index in [2.05, 4.69) is 10.3 Å². The molecule has 130 valence electrons. The zero-order valence-corrected chi connectivity index (χ0v) is 14.0. The van der Waals surface area contributed by atoms with Crippen LogP contribution in [-0.4, -0.2) is 15.5 Å². The molecule has 0 unspecified atom stereocenters. The quantitative estimate of drug-likeness (QED) is 0.754. The van der Waals surface area contributed by atoms with Crippen LogP contribution in [0.1, 0.15) is 26.5 Å². The van der Waals surface area contributed by atoms with Crippen LogP contribution in [0.2, 0.25) is 0 Å². The number of halogens is 3. The molecular weight excluding hydrogens is 351 g/mol. The van der Waals surface area contributed by atoms with E-state index in [0.717, 1.165) is 6.07 Å². The number of aryl methyl sites for hydroxylation is 1. The Morgan fingerprint density at radius 1 is 1.20 bits per heavy atom. The van der Waals surface area contributed by atoms with Gasteiger partial charge in [0.1, 0.15) is 4.88 Å². The molecule has 0 saturated heterocycles. The Labute approximate surface area is 145 Å². The summed E-state index contributed by atoms with van der Waals surface area (Å²) in [4.78, 5) is 17.1. The van der Waals surface area contributed by atoms with E-state index in [1.807, 2.05) is 12.1 Å². The van der Waals surface area contributed by atoms with E-state index >= 15 is 0 Å². The molecule has 0 saturated carbocycles. The standard InChI is InChI=1S/C17H14F3N3OS/c1-11-14(25-16(22-11)23-8-4-5-9-23)15(24)21-10-12-6-2-3-7-13(12)17(18,19)20/h2-9H,10H2,1H3,(H,21,24). The third-order valence-corrected chi connectivity index (χ3v) is 4.75. The summed E-state index contributed by atoms with van der Waals surface area (Å²) in [6, 6.07) is 8.87. The number of alkyl halides is 3. The number of aromatic nitrogens is 2. The van der Waals surface area contributed by atoms with Crippen LogP contribution in [0.4, 0.5) is 13.2 Å². The van der Waals surface area contributed by atoms with Crippen LogP contribution in [0.25, 0.3) is 5.13 Å². The van der Waals surface area contributed by atoms with Gasteiger partial charge in [-0.05, 0) is 30.7 Å². The van der Waals surface area contributed by atoms with Crippen molar-refractivity contribution in [2.75, 3.05) is 0 Å². The first kappa shape index (κ1) is 17.2. The van der Waals surface area contributed by atoms with E-state index in [-0.39, 0.29) is 12.1 Å². The van der Waals surface area contributed by atoms with Crippen molar-refractivity contribution in [2.24, 2.45) is 0 Å². The number of carbonyl (C=O) groups is 1. The Morgan fingerprint density at radius 2 is 1.88 bits per heavy atom. The second-order valence-corrected chi connectivity index (χ2v) is 6.32. The highest BCUT2D eigenvalue weighted by Crippen LogP contribution is 2.31. The molecule has 0 radical (unpaired) electrons. The molecule has 25 heavy (non-hydrogen) atoms. The summed E-state index contributed by atoms with van der Waals surface area (Å²) in [7, 11) is 0. The molecule has 4 nitrogen and oxygen atoms in total. The third kappa shape index (κ3) is 3.74. The second kappa shape index (κ2) is 6.72. The van der Waals surface area contributed by atoms with E-state index < -0.39 is 17.6 Å². The highest BCUT2D eigenvalue weighted by atomic mass is 32.1. The van der Waals surface area contributed by atoms with E-state index in [0.29, 0.717) is 15.7 Å². The minimum absolute atomic E-state index is 0.0242. The van der Waals surface area contributed by atoms with Crippen LogP contribution in [0, 0.1) is 6.92 Å². The predicted molar refractivity (Wildman–Crippen MR) is 88.8 cm³/mol. The lowest BCUT2D eigenvalue weighted by Crippen LogP contribution is -2.24. The number of nitrogens with zero attached hydrogens (tertiary/aromatic N) is 2. The van der Waals surface area contributed by atoms with Gasteiger partial charge in [0.15, 0.2) is 5.13 Å². The zero-order valence-electron chi connectivity index (χ0n) is 13.2. The van der Waals surface area contributed by atoms with E-state index in [9.17, 15) is 18.0 Å². The van der Waals surface area contributed by atoms with Crippen LogP contribution in [0.5, 0.6) is 0 Å². The van der Waals surface area contributed by atoms with Crippen molar-refractivity contribution in [1.29, 1.82) is 0 Å². The van der Waals surface area contributed by atoms with Crippen molar-refractivity contribution in [2.45, 2.75) is 19.6 Å². The fourth-order valence-electron chi connectivity index (χ4n) is 2.37.